The highest BCUT2D eigenvalue weighted by atomic mass is 16.5. The zero-order valence-electron chi connectivity index (χ0n) is 9.95. The number of methoxy groups -OCH3 is 1. The quantitative estimate of drug-likeness (QED) is 0.666. The van der Waals surface area contributed by atoms with Gasteiger partial charge in [-0.15, -0.1) is 0 Å². The van der Waals surface area contributed by atoms with Gasteiger partial charge in [-0.25, -0.2) is 0 Å². The van der Waals surface area contributed by atoms with Crippen LogP contribution in [0, 0.1) is 5.92 Å². The summed E-state index contributed by atoms with van der Waals surface area (Å²) < 4.78 is 4.97. The predicted molar refractivity (Wildman–Crippen MR) is 59.5 cm³/mol. The van der Waals surface area contributed by atoms with Crippen LogP contribution in [0.4, 0.5) is 0 Å². The van der Waals surface area contributed by atoms with Crippen molar-refractivity contribution in [1.29, 1.82) is 0 Å². The maximum Gasteiger partial charge on any atom is 0.241 e. The highest BCUT2D eigenvalue weighted by Gasteiger charge is 2.33. The van der Waals surface area contributed by atoms with Gasteiger partial charge in [0.1, 0.15) is 0 Å². The lowest BCUT2D eigenvalue weighted by molar-refractivity contribution is -0.129. The molecule has 0 aromatic rings. The fourth-order valence-corrected chi connectivity index (χ4v) is 1.84. The van der Waals surface area contributed by atoms with Crippen LogP contribution in [0.3, 0.4) is 0 Å². The number of ether oxygens (including phenoxy) is 1. The van der Waals surface area contributed by atoms with Crippen LogP contribution in [-0.4, -0.2) is 43.8 Å². The molecule has 1 heterocycles. The number of nitrogens with one attached hydrogen (secondary N) is 1. The normalized spacial score (nSPS) is 23.5. The third-order valence-corrected chi connectivity index (χ3v) is 3.07. The van der Waals surface area contributed by atoms with E-state index in [0.717, 1.165) is 26.0 Å². The van der Waals surface area contributed by atoms with Crippen molar-refractivity contribution < 1.29 is 9.53 Å². The average Bonchev–Trinajstić information content (AvgIpc) is 2.60. The lowest BCUT2D eigenvalue weighted by atomic mass is 9.99. The summed E-state index contributed by atoms with van der Waals surface area (Å²) in [5.41, 5.74) is 0. The minimum absolute atomic E-state index is 0.0255. The summed E-state index contributed by atoms with van der Waals surface area (Å²) >= 11 is 0. The van der Waals surface area contributed by atoms with Crippen LogP contribution in [0.15, 0.2) is 0 Å². The maximum absolute atomic E-state index is 11.9. The van der Waals surface area contributed by atoms with E-state index in [9.17, 15) is 4.79 Å². The van der Waals surface area contributed by atoms with Crippen molar-refractivity contribution in [2.45, 2.75) is 32.7 Å². The number of rotatable bonds is 6. The zero-order valence-corrected chi connectivity index (χ0v) is 9.95. The Morgan fingerprint density at radius 2 is 2.40 bits per heavy atom. The van der Waals surface area contributed by atoms with Crippen LogP contribution in [-0.2, 0) is 9.53 Å². The fourth-order valence-electron chi connectivity index (χ4n) is 1.84. The van der Waals surface area contributed by atoms with Gasteiger partial charge < -0.3 is 9.64 Å². The first-order valence-corrected chi connectivity index (χ1v) is 5.71. The molecule has 4 nitrogen and oxygen atoms in total. The van der Waals surface area contributed by atoms with E-state index < -0.39 is 0 Å². The van der Waals surface area contributed by atoms with Crippen LogP contribution in [0.25, 0.3) is 0 Å². The van der Waals surface area contributed by atoms with Crippen LogP contribution in [0.1, 0.15) is 26.7 Å². The van der Waals surface area contributed by atoms with Crippen LogP contribution >= 0.6 is 0 Å². The number of carbonyl (C=O) groups is 1. The van der Waals surface area contributed by atoms with Gasteiger partial charge in [-0.05, 0) is 12.3 Å². The molecule has 15 heavy (non-hydrogen) atoms. The third-order valence-electron chi connectivity index (χ3n) is 3.07. The summed E-state index contributed by atoms with van der Waals surface area (Å²) in [6.45, 7) is 6.45. The molecule has 1 rings (SSSR count). The lowest BCUT2D eigenvalue weighted by Gasteiger charge is -2.17. The third kappa shape index (κ3) is 3.18. The zero-order chi connectivity index (χ0) is 11.3. The molecule has 0 spiro atoms. The molecule has 0 saturated carbocycles. The first-order chi connectivity index (χ1) is 7.20. The Labute approximate surface area is 92.0 Å². The van der Waals surface area contributed by atoms with Crippen molar-refractivity contribution in [1.82, 2.24) is 10.2 Å². The van der Waals surface area contributed by atoms with E-state index in [-0.39, 0.29) is 11.9 Å². The van der Waals surface area contributed by atoms with E-state index in [0.29, 0.717) is 12.6 Å². The smallest absolute Gasteiger partial charge is 0.241 e. The molecule has 88 valence electrons. The number of hydrogen-bond donors (Lipinski definition) is 1. The lowest BCUT2D eigenvalue weighted by Crippen LogP contribution is -2.36. The van der Waals surface area contributed by atoms with Crippen molar-refractivity contribution in [3.63, 3.8) is 0 Å². The van der Waals surface area contributed by atoms with Crippen LogP contribution in [0.5, 0.6) is 0 Å². The Morgan fingerprint density at radius 3 is 3.00 bits per heavy atom. The average molecular weight is 214 g/mol. The SMILES string of the molecule is CCC(C)C1NCN(CCCOC)C1=O. The first kappa shape index (κ1) is 12.5. The van der Waals surface area contributed by atoms with Crippen molar-refractivity contribution >= 4 is 5.91 Å². The second-order valence-corrected chi connectivity index (χ2v) is 4.17. The summed E-state index contributed by atoms with van der Waals surface area (Å²) in [5.74, 6) is 0.672. The Morgan fingerprint density at radius 1 is 1.67 bits per heavy atom. The molecule has 4 heteroatoms. The molecule has 1 fully saturated rings. The van der Waals surface area contributed by atoms with E-state index in [1.165, 1.54) is 0 Å². The molecule has 1 aliphatic heterocycles. The maximum atomic E-state index is 11.9. The molecule has 1 saturated heterocycles. The monoisotopic (exact) mass is 214 g/mol. The molecule has 0 aromatic carbocycles. The van der Waals surface area contributed by atoms with Gasteiger partial charge in [-0.1, -0.05) is 20.3 Å². The van der Waals surface area contributed by atoms with Crippen molar-refractivity contribution in [3.8, 4) is 0 Å². The van der Waals surface area contributed by atoms with E-state index >= 15 is 0 Å². The second-order valence-electron chi connectivity index (χ2n) is 4.17. The first-order valence-electron chi connectivity index (χ1n) is 5.71. The molecule has 1 amide bonds. The number of carbonyl (C=O) groups excluding carboxylic acids is 1. The largest absolute Gasteiger partial charge is 0.385 e. The highest BCUT2D eigenvalue weighted by molar-refractivity contribution is 5.84. The Bertz CT molecular complexity index is 209. The summed E-state index contributed by atoms with van der Waals surface area (Å²) in [6, 6.07) is 0.0255. The minimum Gasteiger partial charge on any atom is -0.385 e. The highest BCUT2D eigenvalue weighted by Crippen LogP contribution is 2.15. The molecule has 0 bridgehead atoms. The summed E-state index contributed by atoms with van der Waals surface area (Å²) in [6.07, 6.45) is 1.95. The van der Waals surface area contributed by atoms with E-state index in [2.05, 4.69) is 19.2 Å². The summed E-state index contributed by atoms with van der Waals surface area (Å²) in [7, 11) is 1.69. The summed E-state index contributed by atoms with van der Waals surface area (Å²) in [5, 5.41) is 3.27. The Kier molecular flexibility index (Phi) is 5.05. The van der Waals surface area contributed by atoms with Crippen LogP contribution in [0.2, 0.25) is 0 Å². The molecule has 2 unspecified atom stereocenters. The molecular weight excluding hydrogens is 192 g/mol. The fraction of sp³-hybridized carbons (Fsp3) is 0.909. The second kappa shape index (κ2) is 6.08. The molecule has 0 aliphatic carbocycles. The van der Waals surface area contributed by atoms with Gasteiger partial charge in [0.05, 0.1) is 12.7 Å². The van der Waals surface area contributed by atoms with Crippen molar-refractivity contribution in [2.75, 3.05) is 26.9 Å². The molecule has 1 N–H and O–H groups in total. The topological polar surface area (TPSA) is 41.6 Å². The van der Waals surface area contributed by atoms with Crippen molar-refractivity contribution in [2.24, 2.45) is 5.92 Å². The Hall–Kier alpha value is -0.610. The van der Waals surface area contributed by atoms with Crippen molar-refractivity contribution in [3.05, 3.63) is 0 Å². The number of hydrogen-bond acceptors (Lipinski definition) is 3. The molecule has 2 atom stereocenters. The van der Waals surface area contributed by atoms with Crippen LogP contribution < -0.4 is 5.32 Å². The van der Waals surface area contributed by atoms with E-state index in [1.54, 1.807) is 7.11 Å². The summed E-state index contributed by atoms with van der Waals surface area (Å²) in [4.78, 5) is 13.8. The minimum atomic E-state index is 0.0255. The number of amides is 1. The van der Waals surface area contributed by atoms with Gasteiger partial charge in [0.2, 0.25) is 5.91 Å². The van der Waals surface area contributed by atoms with Gasteiger partial charge >= 0.3 is 0 Å². The molecule has 1 aliphatic rings. The molecule has 0 aromatic heterocycles. The Balaban J connectivity index is 2.35. The van der Waals surface area contributed by atoms with Gasteiger partial charge in [-0.3, -0.25) is 10.1 Å². The number of nitrogens with zero attached hydrogens (tertiary/aromatic N) is 1. The van der Waals surface area contributed by atoms with E-state index in [4.69, 9.17) is 4.74 Å². The van der Waals surface area contributed by atoms with Gasteiger partial charge in [0.15, 0.2) is 0 Å². The molecular formula is C11H22N2O2. The predicted octanol–water partition coefficient (Wildman–Crippen LogP) is 0.827. The van der Waals surface area contributed by atoms with E-state index in [1.807, 2.05) is 4.90 Å². The van der Waals surface area contributed by atoms with Gasteiger partial charge in [0, 0.05) is 20.3 Å². The van der Waals surface area contributed by atoms with Gasteiger partial charge in [-0.2, -0.15) is 0 Å². The standard InChI is InChI=1S/C11H22N2O2/c1-4-9(2)10-11(14)13(8-12-10)6-5-7-15-3/h9-10,12H,4-8H2,1-3H3. The van der Waals surface area contributed by atoms with Gasteiger partial charge in [0.25, 0.3) is 0 Å². The molecule has 0 radical (unpaired) electrons.